The smallest absolute Gasteiger partial charge is 0.338 e. The van der Waals surface area contributed by atoms with E-state index in [4.69, 9.17) is 14.2 Å². The monoisotopic (exact) mass is 412 g/mol. The van der Waals surface area contributed by atoms with Gasteiger partial charge in [-0.3, -0.25) is 4.79 Å². The van der Waals surface area contributed by atoms with Crippen LogP contribution in [0.1, 0.15) is 24.2 Å². The lowest BCUT2D eigenvalue weighted by atomic mass is 10.2. The highest BCUT2D eigenvalue weighted by Gasteiger charge is 2.22. The SMILES string of the molecule is COc1cc(C(=O)OCC(=O)N2CCN(c3ccccc3)CC2)ccc1OC(C)C. The zero-order valence-electron chi connectivity index (χ0n) is 17.7. The molecule has 30 heavy (non-hydrogen) atoms. The summed E-state index contributed by atoms with van der Waals surface area (Å²) in [5, 5.41) is 0. The summed E-state index contributed by atoms with van der Waals surface area (Å²) in [6, 6.07) is 14.9. The molecule has 7 heteroatoms. The van der Waals surface area contributed by atoms with Crippen molar-refractivity contribution >= 4 is 17.6 Å². The second kappa shape index (κ2) is 10.0. The van der Waals surface area contributed by atoms with Crippen LogP contribution < -0.4 is 14.4 Å². The van der Waals surface area contributed by atoms with Gasteiger partial charge in [-0.1, -0.05) is 18.2 Å². The van der Waals surface area contributed by atoms with Crippen molar-refractivity contribution in [3.63, 3.8) is 0 Å². The van der Waals surface area contributed by atoms with Crippen molar-refractivity contribution < 1.29 is 23.8 Å². The minimum Gasteiger partial charge on any atom is -0.493 e. The Labute approximate surface area is 177 Å². The van der Waals surface area contributed by atoms with Gasteiger partial charge in [0.25, 0.3) is 5.91 Å². The first kappa shape index (κ1) is 21.5. The van der Waals surface area contributed by atoms with Gasteiger partial charge < -0.3 is 24.0 Å². The fraction of sp³-hybridized carbons (Fsp3) is 0.391. The highest BCUT2D eigenvalue weighted by atomic mass is 16.5. The number of carbonyl (C=O) groups excluding carboxylic acids is 2. The van der Waals surface area contributed by atoms with E-state index in [9.17, 15) is 9.59 Å². The Kier molecular flexibility index (Phi) is 7.17. The first-order valence-corrected chi connectivity index (χ1v) is 10.1. The maximum Gasteiger partial charge on any atom is 0.338 e. The predicted octanol–water partition coefficient (Wildman–Crippen LogP) is 2.99. The number of amides is 1. The lowest BCUT2D eigenvalue weighted by molar-refractivity contribution is -0.134. The molecule has 2 aromatic rings. The molecule has 0 atom stereocenters. The predicted molar refractivity (Wildman–Crippen MR) is 114 cm³/mol. The van der Waals surface area contributed by atoms with Gasteiger partial charge in [0.2, 0.25) is 0 Å². The summed E-state index contributed by atoms with van der Waals surface area (Å²) < 4.78 is 16.2. The molecule has 0 spiro atoms. The number of methoxy groups -OCH3 is 1. The summed E-state index contributed by atoms with van der Waals surface area (Å²) in [5.41, 5.74) is 1.46. The van der Waals surface area contributed by atoms with E-state index >= 15 is 0 Å². The van der Waals surface area contributed by atoms with Gasteiger partial charge in [-0.15, -0.1) is 0 Å². The molecule has 1 saturated heterocycles. The summed E-state index contributed by atoms with van der Waals surface area (Å²) in [7, 11) is 1.51. The van der Waals surface area contributed by atoms with Gasteiger partial charge in [-0.25, -0.2) is 4.79 Å². The first-order chi connectivity index (χ1) is 14.5. The third kappa shape index (κ3) is 5.43. The van der Waals surface area contributed by atoms with Crippen LogP contribution in [0.15, 0.2) is 48.5 Å². The molecule has 1 fully saturated rings. The molecule has 1 aliphatic rings. The van der Waals surface area contributed by atoms with E-state index in [0.29, 0.717) is 30.2 Å². The molecule has 0 N–H and O–H groups in total. The van der Waals surface area contributed by atoms with Crippen molar-refractivity contribution in [1.82, 2.24) is 4.90 Å². The maximum atomic E-state index is 12.5. The van der Waals surface area contributed by atoms with E-state index in [1.807, 2.05) is 32.0 Å². The number of piperazine rings is 1. The van der Waals surface area contributed by atoms with Crippen molar-refractivity contribution in [3.05, 3.63) is 54.1 Å². The number of para-hydroxylation sites is 1. The first-order valence-electron chi connectivity index (χ1n) is 10.1. The van der Waals surface area contributed by atoms with Gasteiger partial charge in [0.1, 0.15) is 0 Å². The molecule has 0 saturated carbocycles. The zero-order valence-corrected chi connectivity index (χ0v) is 17.7. The van der Waals surface area contributed by atoms with E-state index < -0.39 is 5.97 Å². The lowest BCUT2D eigenvalue weighted by Gasteiger charge is -2.36. The average Bonchev–Trinajstić information content (AvgIpc) is 2.77. The third-order valence-corrected chi connectivity index (χ3v) is 4.84. The molecule has 0 aromatic heterocycles. The number of carbonyl (C=O) groups is 2. The summed E-state index contributed by atoms with van der Waals surface area (Å²) in [6.45, 7) is 6.23. The van der Waals surface area contributed by atoms with Crippen LogP contribution in [0.25, 0.3) is 0 Å². The van der Waals surface area contributed by atoms with Crippen LogP contribution in [0, 0.1) is 0 Å². The Bertz CT molecular complexity index is 861. The largest absolute Gasteiger partial charge is 0.493 e. The average molecular weight is 412 g/mol. The number of anilines is 1. The molecule has 160 valence electrons. The van der Waals surface area contributed by atoms with Gasteiger partial charge >= 0.3 is 5.97 Å². The molecule has 0 aliphatic carbocycles. The van der Waals surface area contributed by atoms with Gasteiger partial charge in [0.15, 0.2) is 18.1 Å². The maximum absolute atomic E-state index is 12.5. The van der Waals surface area contributed by atoms with Gasteiger partial charge in [-0.05, 0) is 44.2 Å². The van der Waals surface area contributed by atoms with Crippen LogP contribution in [0.2, 0.25) is 0 Å². The Balaban J connectivity index is 1.50. The molecule has 1 amide bonds. The van der Waals surface area contributed by atoms with E-state index in [0.717, 1.165) is 18.8 Å². The van der Waals surface area contributed by atoms with Gasteiger partial charge in [0.05, 0.1) is 18.8 Å². The Morgan fingerprint density at radius 1 is 0.967 bits per heavy atom. The number of esters is 1. The van der Waals surface area contributed by atoms with Crippen molar-refractivity contribution in [1.29, 1.82) is 0 Å². The minimum absolute atomic E-state index is 0.0170. The van der Waals surface area contributed by atoms with E-state index in [-0.39, 0.29) is 18.6 Å². The van der Waals surface area contributed by atoms with Crippen molar-refractivity contribution in [3.8, 4) is 11.5 Å². The number of hydrogen-bond donors (Lipinski definition) is 0. The number of benzene rings is 2. The molecule has 0 radical (unpaired) electrons. The highest BCUT2D eigenvalue weighted by Crippen LogP contribution is 2.29. The van der Waals surface area contributed by atoms with Crippen LogP contribution >= 0.6 is 0 Å². The molecule has 7 nitrogen and oxygen atoms in total. The summed E-state index contributed by atoms with van der Waals surface area (Å²) in [4.78, 5) is 28.8. The second-order valence-electron chi connectivity index (χ2n) is 7.31. The number of hydrogen-bond acceptors (Lipinski definition) is 6. The van der Waals surface area contributed by atoms with Crippen molar-refractivity contribution in [2.24, 2.45) is 0 Å². The Morgan fingerprint density at radius 2 is 1.67 bits per heavy atom. The second-order valence-corrected chi connectivity index (χ2v) is 7.31. The van der Waals surface area contributed by atoms with Crippen molar-refractivity contribution in [2.75, 3.05) is 44.8 Å². The fourth-order valence-corrected chi connectivity index (χ4v) is 3.30. The van der Waals surface area contributed by atoms with Gasteiger partial charge in [-0.2, -0.15) is 0 Å². The molecule has 1 heterocycles. The summed E-state index contributed by atoms with van der Waals surface area (Å²) in [5.74, 6) is 0.237. The van der Waals surface area contributed by atoms with Crippen LogP contribution in [0.5, 0.6) is 11.5 Å². The standard InChI is InChI=1S/C23H28N2O5/c1-17(2)30-20-10-9-18(15-21(20)28-3)23(27)29-16-22(26)25-13-11-24(12-14-25)19-7-5-4-6-8-19/h4-10,15,17H,11-14,16H2,1-3H3. The quantitative estimate of drug-likeness (QED) is 0.652. The van der Waals surface area contributed by atoms with Crippen molar-refractivity contribution in [2.45, 2.75) is 20.0 Å². The number of ether oxygens (including phenoxy) is 3. The number of nitrogens with zero attached hydrogens (tertiary/aromatic N) is 2. The highest BCUT2D eigenvalue weighted by molar-refractivity contribution is 5.92. The zero-order chi connectivity index (χ0) is 21.5. The van der Waals surface area contributed by atoms with Crippen LogP contribution in [0.4, 0.5) is 5.69 Å². The third-order valence-electron chi connectivity index (χ3n) is 4.84. The summed E-state index contributed by atoms with van der Waals surface area (Å²) in [6.07, 6.45) is -0.0170. The molecular weight excluding hydrogens is 384 g/mol. The molecular formula is C23H28N2O5. The molecule has 0 unspecified atom stereocenters. The normalized spacial score (nSPS) is 13.9. The fourth-order valence-electron chi connectivity index (χ4n) is 3.30. The summed E-state index contributed by atoms with van der Waals surface area (Å²) >= 11 is 0. The molecule has 1 aliphatic heterocycles. The molecule has 3 rings (SSSR count). The van der Waals surface area contributed by atoms with Crippen LogP contribution in [-0.2, 0) is 9.53 Å². The van der Waals surface area contributed by atoms with E-state index in [1.54, 1.807) is 23.1 Å². The topological polar surface area (TPSA) is 68.3 Å². The Morgan fingerprint density at radius 3 is 2.30 bits per heavy atom. The van der Waals surface area contributed by atoms with E-state index in [2.05, 4.69) is 17.0 Å². The molecule has 2 aromatic carbocycles. The van der Waals surface area contributed by atoms with E-state index in [1.165, 1.54) is 7.11 Å². The lowest BCUT2D eigenvalue weighted by Crippen LogP contribution is -2.49. The van der Waals surface area contributed by atoms with Crippen LogP contribution in [-0.4, -0.2) is 62.8 Å². The minimum atomic E-state index is -0.569. The van der Waals surface area contributed by atoms with Crippen LogP contribution in [0.3, 0.4) is 0 Å². The molecule has 0 bridgehead atoms. The van der Waals surface area contributed by atoms with Gasteiger partial charge in [0, 0.05) is 31.9 Å². The Hall–Kier alpha value is -3.22. The number of rotatable bonds is 7.